The fourth-order valence-electron chi connectivity index (χ4n) is 1.69. The fourth-order valence-corrected chi connectivity index (χ4v) is 3.20. The number of carboxylic acids is 1. The van der Waals surface area contributed by atoms with Crippen LogP contribution in [0.4, 0.5) is 0 Å². The molecule has 2 rings (SSSR count). The van der Waals surface area contributed by atoms with Gasteiger partial charge in [-0.2, -0.15) is 4.31 Å². The molecule has 0 bridgehead atoms. The number of hydrogen-bond donors (Lipinski definition) is 3. The van der Waals surface area contributed by atoms with E-state index in [2.05, 4.69) is 10.3 Å². The van der Waals surface area contributed by atoms with E-state index in [1.807, 2.05) is 0 Å². The van der Waals surface area contributed by atoms with Crippen LogP contribution < -0.4 is 5.32 Å². The van der Waals surface area contributed by atoms with Crippen LogP contribution in [0.1, 0.15) is 0 Å². The maximum absolute atomic E-state index is 12.2. The molecule has 1 saturated heterocycles. The minimum Gasteiger partial charge on any atom is -0.480 e. The quantitative estimate of drug-likeness (QED) is 0.625. The highest BCUT2D eigenvalue weighted by Gasteiger charge is 2.40. The third-order valence-corrected chi connectivity index (χ3v) is 4.45. The van der Waals surface area contributed by atoms with Gasteiger partial charge in [-0.25, -0.2) is 8.42 Å². The summed E-state index contributed by atoms with van der Waals surface area (Å²) >= 11 is 0. The predicted octanol–water partition coefficient (Wildman–Crippen LogP) is -1.41. The van der Waals surface area contributed by atoms with E-state index in [0.717, 1.165) is 0 Å². The summed E-state index contributed by atoms with van der Waals surface area (Å²) in [5, 5.41) is 11.3. The lowest BCUT2D eigenvalue weighted by Crippen LogP contribution is -2.59. The highest BCUT2D eigenvalue weighted by molar-refractivity contribution is 7.89. The number of aromatic nitrogens is 1. The summed E-state index contributed by atoms with van der Waals surface area (Å²) in [7, 11) is -3.99. The maximum atomic E-state index is 12.2. The smallest absolute Gasteiger partial charge is 0.323 e. The average Bonchev–Trinajstić information content (AvgIpc) is 2.82. The van der Waals surface area contributed by atoms with E-state index >= 15 is 0 Å². The minimum atomic E-state index is -3.99. The van der Waals surface area contributed by atoms with Gasteiger partial charge in [-0.05, 0) is 6.07 Å². The van der Waals surface area contributed by atoms with Crippen molar-refractivity contribution in [3.63, 3.8) is 0 Å². The van der Waals surface area contributed by atoms with Crippen LogP contribution in [0, 0.1) is 0 Å². The van der Waals surface area contributed by atoms with Crippen molar-refractivity contribution in [2.45, 2.75) is 10.9 Å². The van der Waals surface area contributed by atoms with Crippen molar-refractivity contribution in [1.29, 1.82) is 0 Å². The largest absolute Gasteiger partial charge is 0.480 e. The number of sulfonamides is 1. The van der Waals surface area contributed by atoms with Gasteiger partial charge in [-0.1, -0.05) is 0 Å². The van der Waals surface area contributed by atoms with Crippen LogP contribution in [0.15, 0.2) is 23.4 Å². The molecule has 9 heteroatoms. The maximum Gasteiger partial charge on any atom is 0.323 e. The second kappa shape index (κ2) is 4.42. The second-order valence-electron chi connectivity index (χ2n) is 3.76. The molecule has 1 unspecified atom stereocenters. The Morgan fingerprint density at radius 2 is 2.22 bits per heavy atom. The Morgan fingerprint density at radius 1 is 1.50 bits per heavy atom. The molecule has 1 amide bonds. The number of carboxylic acid groups (broad SMARTS) is 1. The molecule has 0 radical (unpaired) electrons. The first-order chi connectivity index (χ1) is 8.43. The topological polar surface area (TPSA) is 120 Å². The van der Waals surface area contributed by atoms with Gasteiger partial charge in [0.15, 0.2) is 0 Å². The monoisotopic (exact) mass is 273 g/mol. The number of aliphatic carboxylic acids is 1. The molecule has 0 aliphatic carbocycles. The molecule has 2 heterocycles. The minimum absolute atomic E-state index is 0.0662. The van der Waals surface area contributed by atoms with Gasteiger partial charge in [0.05, 0.1) is 11.4 Å². The molecule has 1 aromatic heterocycles. The van der Waals surface area contributed by atoms with Crippen molar-refractivity contribution in [2.75, 3.05) is 13.1 Å². The van der Waals surface area contributed by atoms with E-state index in [1.54, 1.807) is 0 Å². The van der Waals surface area contributed by atoms with Gasteiger partial charge in [0.2, 0.25) is 15.9 Å². The lowest BCUT2D eigenvalue weighted by molar-refractivity contribution is -0.143. The molecule has 3 N–H and O–H groups in total. The van der Waals surface area contributed by atoms with Crippen LogP contribution in [-0.4, -0.2) is 53.8 Å². The summed E-state index contributed by atoms with van der Waals surface area (Å²) in [6.07, 6.45) is 2.65. The summed E-state index contributed by atoms with van der Waals surface area (Å²) in [5.41, 5.74) is 0. The van der Waals surface area contributed by atoms with Crippen molar-refractivity contribution >= 4 is 21.9 Å². The SMILES string of the molecule is O=C1CN(S(=O)(=O)c2cc[nH]c2)C(C(=O)O)CN1. The van der Waals surface area contributed by atoms with Gasteiger partial charge in [0.1, 0.15) is 6.04 Å². The molecule has 0 aromatic carbocycles. The number of H-pyrrole nitrogens is 1. The van der Waals surface area contributed by atoms with Gasteiger partial charge in [0.25, 0.3) is 0 Å². The Balaban J connectivity index is 2.39. The first-order valence-corrected chi connectivity index (χ1v) is 6.51. The average molecular weight is 273 g/mol. The molecule has 1 fully saturated rings. The number of hydrogen-bond acceptors (Lipinski definition) is 4. The molecule has 1 aliphatic heterocycles. The summed E-state index contributed by atoms with van der Waals surface area (Å²) in [6.45, 7) is -0.734. The first kappa shape index (κ1) is 12.6. The molecule has 1 aliphatic rings. The Kier molecular flexibility index (Phi) is 3.09. The zero-order valence-corrected chi connectivity index (χ0v) is 9.98. The number of amides is 1. The molecule has 1 aromatic rings. The number of carbonyl (C=O) groups is 2. The number of nitrogens with one attached hydrogen (secondary N) is 2. The molecule has 0 spiro atoms. The molecule has 18 heavy (non-hydrogen) atoms. The summed E-state index contributed by atoms with van der Waals surface area (Å²) in [5.74, 6) is -1.82. The zero-order chi connectivity index (χ0) is 13.3. The normalized spacial score (nSPS) is 21.6. The van der Waals surface area contributed by atoms with Gasteiger partial charge >= 0.3 is 5.97 Å². The standard InChI is InChI=1S/C9H11N3O5S/c13-8-5-12(7(4-11-8)9(14)15)18(16,17)6-1-2-10-3-6/h1-3,7,10H,4-5H2,(H,11,13)(H,14,15). The molecule has 98 valence electrons. The Hall–Kier alpha value is -1.87. The molecule has 1 atom stereocenters. The number of nitrogens with zero attached hydrogens (tertiary/aromatic N) is 1. The van der Waals surface area contributed by atoms with Crippen LogP contribution in [0.5, 0.6) is 0 Å². The lowest BCUT2D eigenvalue weighted by atomic mass is 10.2. The molecular weight excluding hydrogens is 262 g/mol. The highest BCUT2D eigenvalue weighted by Crippen LogP contribution is 2.19. The van der Waals surface area contributed by atoms with Gasteiger partial charge < -0.3 is 15.4 Å². The van der Waals surface area contributed by atoms with Crippen molar-refractivity contribution in [1.82, 2.24) is 14.6 Å². The van der Waals surface area contributed by atoms with E-state index in [0.29, 0.717) is 4.31 Å². The number of rotatable bonds is 3. The third-order valence-electron chi connectivity index (χ3n) is 2.60. The van der Waals surface area contributed by atoms with Crippen LogP contribution in [-0.2, 0) is 19.6 Å². The Labute approximate surface area is 103 Å². The first-order valence-electron chi connectivity index (χ1n) is 5.07. The predicted molar refractivity (Wildman–Crippen MR) is 59.1 cm³/mol. The van der Waals surface area contributed by atoms with Crippen molar-refractivity contribution < 1.29 is 23.1 Å². The summed E-state index contributed by atoms with van der Waals surface area (Å²) < 4.78 is 25.0. The van der Waals surface area contributed by atoms with Crippen LogP contribution >= 0.6 is 0 Å². The van der Waals surface area contributed by atoms with E-state index in [-0.39, 0.29) is 11.4 Å². The van der Waals surface area contributed by atoms with Crippen LogP contribution in [0.3, 0.4) is 0 Å². The van der Waals surface area contributed by atoms with Crippen molar-refractivity contribution in [3.05, 3.63) is 18.5 Å². The van der Waals surface area contributed by atoms with Crippen molar-refractivity contribution in [2.24, 2.45) is 0 Å². The molecular formula is C9H11N3O5S. The zero-order valence-electron chi connectivity index (χ0n) is 9.16. The third kappa shape index (κ3) is 2.09. The summed E-state index contributed by atoms with van der Waals surface area (Å²) in [4.78, 5) is 24.8. The summed E-state index contributed by atoms with van der Waals surface area (Å²) in [6, 6.07) is 0.0170. The van der Waals surface area contributed by atoms with E-state index in [1.165, 1.54) is 18.5 Å². The molecule has 8 nitrogen and oxygen atoms in total. The van der Waals surface area contributed by atoms with Gasteiger partial charge in [-0.15, -0.1) is 0 Å². The second-order valence-corrected chi connectivity index (χ2v) is 5.65. The number of carbonyl (C=O) groups excluding carboxylic acids is 1. The number of piperazine rings is 1. The van der Waals surface area contributed by atoms with Crippen LogP contribution in [0.2, 0.25) is 0 Å². The van der Waals surface area contributed by atoms with E-state index < -0.39 is 34.5 Å². The lowest BCUT2D eigenvalue weighted by Gasteiger charge is -2.31. The van der Waals surface area contributed by atoms with Gasteiger partial charge in [0, 0.05) is 18.9 Å². The Morgan fingerprint density at radius 3 is 2.78 bits per heavy atom. The molecule has 0 saturated carbocycles. The number of aromatic amines is 1. The van der Waals surface area contributed by atoms with Crippen molar-refractivity contribution in [3.8, 4) is 0 Å². The highest BCUT2D eigenvalue weighted by atomic mass is 32.2. The van der Waals surface area contributed by atoms with E-state index in [4.69, 9.17) is 5.11 Å². The Bertz CT molecular complexity index is 565. The van der Waals surface area contributed by atoms with Gasteiger partial charge in [-0.3, -0.25) is 9.59 Å². The fraction of sp³-hybridized carbons (Fsp3) is 0.333. The van der Waals surface area contributed by atoms with Crippen LogP contribution in [0.25, 0.3) is 0 Å². The van der Waals surface area contributed by atoms with E-state index in [9.17, 15) is 18.0 Å².